The lowest BCUT2D eigenvalue weighted by atomic mass is 9.90. The van der Waals surface area contributed by atoms with Crippen LogP contribution in [0.1, 0.15) is 20.8 Å². The summed E-state index contributed by atoms with van der Waals surface area (Å²) in [4.78, 5) is 0. The Morgan fingerprint density at radius 1 is 0.960 bits per heavy atom. The minimum Gasteiger partial charge on any atom is -0.407 e. The van der Waals surface area contributed by atoms with Crippen LogP contribution in [-0.2, 0) is 9.16 Å². The van der Waals surface area contributed by atoms with Gasteiger partial charge in [0.25, 0.3) is 8.32 Å². The van der Waals surface area contributed by atoms with E-state index < -0.39 is 8.32 Å². The van der Waals surface area contributed by atoms with Crippen molar-refractivity contribution < 1.29 is 9.16 Å². The molecule has 0 aliphatic carbocycles. The highest BCUT2D eigenvalue weighted by atomic mass is 79.9. The van der Waals surface area contributed by atoms with E-state index in [0.717, 1.165) is 25.2 Å². The highest BCUT2D eigenvalue weighted by Crippen LogP contribution is 2.39. The van der Waals surface area contributed by atoms with Gasteiger partial charge in [0, 0.05) is 17.4 Å². The van der Waals surface area contributed by atoms with E-state index in [4.69, 9.17) is 9.16 Å². The Morgan fingerprint density at radius 3 is 1.76 bits per heavy atom. The van der Waals surface area contributed by atoms with Crippen molar-refractivity contribution in [3.63, 3.8) is 0 Å². The smallest absolute Gasteiger partial charge is 0.261 e. The van der Waals surface area contributed by atoms with Gasteiger partial charge in [0.05, 0.1) is 13.2 Å². The molecule has 1 saturated heterocycles. The number of benzene rings is 2. The lowest BCUT2D eigenvalue weighted by molar-refractivity contribution is -0.117. The van der Waals surface area contributed by atoms with Crippen molar-refractivity contribution in [2.24, 2.45) is 5.41 Å². The number of rotatable bonds is 6. The van der Waals surface area contributed by atoms with Crippen molar-refractivity contribution in [1.29, 1.82) is 0 Å². The zero-order chi connectivity index (χ0) is 18.0. The molecule has 0 bridgehead atoms. The van der Waals surface area contributed by atoms with Crippen LogP contribution in [-0.4, -0.2) is 33.5 Å². The maximum atomic E-state index is 6.99. The van der Waals surface area contributed by atoms with Crippen LogP contribution in [0.2, 0.25) is 5.04 Å². The molecule has 2 aromatic rings. The van der Waals surface area contributed by atoms with E-state index in [9.17, 15) is 0 Å². The highest BCUT2D eigenvalue weighted by molar-refractivity contribution is 9.09. The van der Waals surface area contributed by atoms with Crippen molar-refractivity contribution in [2.45, 2.75) is 25.8 Å². The fourth-order valence-corrected chi connectivity index (χ4v) is 8.78. The van der Waals surface area contributed by atoms with E-state index in [1.807, 2.05) is 0 Å². The van der Waals surface area contributed by atoms with Gasteiger partial charge >= 0.3 is 0 Å². The first-order chi connectivity index (χ1) is 11.9. The van der Waals surface area contributed by atoms with Gasteiger partial charge < -0.3 is 9.16 Å². The Morgan fingerprint density at radius 2 is 1.44 bits per heavy atom. The average Bonchev–Trinajstić information content (AvgIpc) is 2.58. The fourth-order valence-electron chi connectivity index (χ4n) is 3.61. The molecule has 1 fully saturated rings. The van der Waals surface area contributed by atoms with Gasteiger partial charge in [-0.2, -0.15) is 0 Å². The van der Waals surface area contributed by atoms with Crippen molar-refractivity contribution in [2.75, 3.05) is 25.2 Å². The molecular formula is C21H27BrO2Si. The Labute approximate surface area is 160 Å². The molecule has 1 heterocycles. The highest BCUT2D eigenvalue weighted by Gasteiger charge is 2.52. The van der Waals surface area contributed by atoms with Crippen LogP contribution < -0.4 is 10.4 Å². The summed E-state index contributed by atoms with van der Waals surface area (Å²) in [5.74, 6) is 0. The minimum atomic E-state index is -2.43. The standard InChI is InChI=1S/C21H27BrO2Si/c1-20(2,3)25(18-10-6-4-7-11-18,19-12-8-5-9-13-19)24-17-21(14-22)15-23-16-21/h4-13H,14-17H2,1-3H3. The van der Waals surface area contributed by atoms with Crippen LogP contribution in [0, 0.1) is 5.41 Å². The lowest BCUT2D eigenvalue weighted by Crippen LogP contribution is -2.68. The van der Waals surface area contributed by atoms with Crippen LogP contribution in [0.3, 0.4) is 0 Å². The number of alkyl halides is 1. The van der Waals surface area contributed by atoms with Crippen LogP contribution in [0.4, 0.5) is 0 Å². The van der Waals surface area contributed by atoms with E-state index >= 15 is 0 Å². The monoisotopic (exact) mass is 418 g/mol. The summed E-state index contributed by atoms with van der Waals surface area (Å²) in [6.45, 7) is 9.23. The van der Waals surface area contributed by atoms with E-state index in [1.165, 1.54) is 10.4 Å². The van der Waals surface area contributed by atoms with Gasteiger partial charge in [-0.05, 0) is 15.4 Å². The van der Waals surface area contributed by atoms with Crippen LogP contribution in [0.25, 0.3) is 0 Å². The minimum absolute atomic E-state index is 0.0216. The first kappa shape index (κ1) is 18.8. The second-order valence-electron chi connectivity index (χ2n) is 8.08. The molecule has 0 radical (unpaired) electrons. The van der Waals surface area contributed by atoms with E-state index in [1.54, 1.807) is 0 Å². The van der Waals surface area contributed by atoms with Gasteiger partial charge in [-0.25, -0.2) is 0 Å². The molecule has 0 spiro atoms. The first-order valence-corrected chi connectivity index (χ1v) is 11.9. The van der Waals surface area contributed by atoms with E-state index in [2.05, 4.69) is 97.4 Å². The summed E-state index contributed by atoms with van der Waals surface area (Å²) in [6, 6.07) is 21.6. The van der Waals surface area contributed by atoms with Gasteiger partial charge in [-0.15, -0.1) is 0 Å². The zero-order valence-corrected chi connectivity index (χ0v) is 17.9. The molecule has 4 heteroatoms. The number of halogens is 1. The van der Waals surface area contributed by atoms with Crippen molar-refractivity contribution in [3.8, 4) is 0 Å². The Bertz CT molecular complexity index is 633. The normalized spacial score (nSPS) is 17.1. The predicted molar refractivity (Wildman–Crippen MR) is 111 cm³/mol. The molecular weight excluding hydrogens is 392 g/mol. The molecule has 0 N–H and O–H groups in total. The molecule has 2 nitrogen and oxygen atoms in total. The quantitative estimate of drug-likeness (QED) is 0.521. The molecule has 25 heavy (non-hydrogen) atoms. The molecule has 0 amide bonds. The van der Waals surface area contributed by atoms with Crippen molar-refractivity contribution in [3.05, 3.63) is 60.7 Å². The summed E-state index contributed by atoms with van der Waals surface area (Å²) >= 11 is 3.67. The third-order valence-corrected chi connectivity index (χ3v) is 11.3. The number of ether oxygens (including phenoxy) is 1. The summed E-state index contributed by atoms with van der Waals surface area (Å²) in [5, 5.41) is 3.60. The summed E-state index contributed by atoms with van der Waals surface area (Å²) in [6.07, 6.45) is 0. The van der Waals surface area contributed by atoms with Gasteiger partial charge in [-0.3, -0.25) is 0 Å². The topological polar surface area (TPSA) is 18.5 Å². The van der Waals surface area contributed by atoms with Gasteiger partial charge in [-0.1, -0.05) is 97.4 Å². The van der Waals surface area contributed by atoms with E-state index in [-0.39, 0.29) is 10.5 Å². The maximum Gasteiger partial charge on any atom is 0.261 e. The SMILES string of the molecule is CC(C)(C)[Si](OCC1(CBr)COC1)(c1ccccc1)c1ccccc1. The van der Waals surface area contributed by atoms with Crippen LogP contribution in [0.5, 0.6) is 0 Å². The molecule has 134 valence electrons. The second kappa shape index (κ2) is 7.35. The maximum absolute atomic E-state index is 6.99. The molecule has 2 aromatic carbocycles. The molecule has 0 unspecified atom stereocenters. The summed E-state index contributed by atoms with van der Waals surface area (Å²) < 4.78 is 12.5. The molecule has 0 saturated carbocycles. The molecule has 1 aliphatic heterocycles. The third-order valence-electron chi connectivity index (χ3n) is 5.11. The third kappa shape index (κ3) is 3.50. The predicted octanol–water partition coefficient (Wildman–Crippen LogP) is 3.97. The second-order valence-corrected chi connectivity index (χ2v) is 12.9. The summed E-state index contributed by atoms with van der Waals surface area (Å²) in [5.41, 5.74) is 0.104. The van der Waals surface area contributed by atoms with Crippen LogP contribution >= 0.6 is 15.9 Å². The van der Waals surface area contributed by atoms with Gasteiger partial charge in [0.15, 0.2) is 0 Å². The van der Waals surface area contributed by atoms with E-state index in [0.29, 0.717) is 0 Å². The van der Waals surface area contributed by atoms with Crippen molar-refractivity contribution in [1.82, 2.24) is 0 Å². The molecule has 0 aromatic heterocycles. The van der Waals surface area contributed by atoms with Gasteiger partial charge in [0.1, 0.15) is 0 Å². The molecule has 1 aliphatic rings. The Hall–Kier alpha value is -0.943. The van der Waals surface area contributed by atoms with Crippen molar-refractivity contribution >= 4 is 34.6 Å². The van der Waals surface area contributed by atoms with Gasteiger partial charge in [0.2, 0.25) is 0 Å². The average molecular weight is 419 g/mol. The van der Waals surface area contributed by atoms with Crippen LogP contribution in [0.15, 0.2) is 60.7 Å². The number of hydrogen-bond donors (Lipinski definition) is 0. The largest absolute Gasteiger partial charge is 0.407 e. The molecule has 3 rings (SSSR count). The molecule has 0 atom stereocenters. The Balaban J connectivity index is 2.09. The Kier molecular flexibility index (Phi) is 5.54. The first-order valence-electron chi connectivity index (χ1n) is 8.82. The fraction of sp³-hybridized carbons (Fsp3) is 0.429. The zero-order valence-electron chi connectivity index (χ0n) is 15.3. The summed E-state index contributed by atoms with van der Waals surface area (Å²) in [7, 11) is -2.43. The number of hydrogen-bond acceptors (Lipinski definition) is 2. The lowest BCUT2D eigenvalue weighted by Gasteiger charge is -2.47.